The van der Waals surface area contributed by atoms with Crippen molar-refractivity contribution >= 4 is 44.0 Å². The van der Waals surface area contributed by atoms with E-state index in [1.807, 2.05) is 13.0 Å². The number of sulfonamides is 1. The highest BCUT2D eigenvalue weighted by Crippen LogP contribution is 2.61. The molecular weight excluding hydrogens is 883 g/mol. The summed E-state index contributed by atoms with van der Waals surface area (Å²) in [5, 5.41) is 16.0. The van der Waals surface area contributed by atoms with Crippen LogP contribution >= 0.6 is 0 Å². The van der Waals surface area contributed by atoms with Gasteiger partial charge in [-0.15, -0.1) is 0 Å². The molecule has 2 aromatic heterocycles. The van der Waals surface area contributed by atoms with Gasteiger partial charge in [0.2, 0.25) is 5.79 Å². The summed E-state index contributed by atoms with van der Waals surface area (Å²) in [6, 6.07) is 12.3. The molecule has 4 aromatic rings. The predicted molar refractivity (Wildman–Crippen MR) is 247 cm³/mol. The van der Waals surface area contributed by atoms with Crippen LogP contribution in [0.25, 0.3) is 11.0 Å². The monoisotopic (exact) mass is 943 g/mol. The fourth-order valence-electron chi connectivity index (χ4n) is 11.6. The van der Waals surface area contributed by atoms with Crippen LogP contribution in [-0.2, 0) is 34.0 Å². The maximum atomic E-state index is 13.9. The Morgan fingerprint density at radius 1 is 1.00 bits per heavy atom. The molecule has 1 aliphatic carbocycles. The van der Waals surface area contributed by atoms with Gasteiger partial charge in [-0.2, -0.15) is 0 Å². The van der Waals surface area contributed by atoms with Gasteiger partial charge in [-0.3, -0.25) is 19.8 Å². The summed E-state index contributed by atoms with van der Waals surface area (Å²) in [6.45, 7) is 12.4. The number of nitro groups is 1. The quantitative estimate of drug-likeness (QED) is 0.0640. The highest BCUT2D eigenvalue weighted by atomic mass is 32.2. The van der Waals surface area contributed by atoms with E-state index in [4.69, 9.17) is 28.7 Å². The summed E-state index contributed by atoms with van der Waals surface area (Å²) in [5.74, 6) is 0.484. The molecule has 360 valence electrons. The first-order valence-corrected chi connectivity index (χ1v) is 25.4. The Hall–Kier alpha value is -4.89. The Morgan fingerprint density at radius 3 is 2.63 bits per heavy atom. The Labute approximate surface area is 390 Å². The first kappa shape index (κ1) is 45.9. The number of anilines is 2. The number of hydrogen-bond acceptors (Lipinski definition) is 15. The van der Waals surface area contributed by atoms with E-state index >= 15 is 0 Å². The smallest absolute Gasteiger partial charge is 0.293 e. The molecule has 1 amide bonds. The van der Waals surface area contributed by atoms with Gasteiger partial charge in [0.15, 0.2) is 11.9 Å². The van der Waals surface area contributed by atoms with Crippen LogP contribution in [0.2, 0.25) is 0 Å². The lowest BCUT2D eigenvalue weighted by molar-refractivity contribution is -0.571. The topological polar surface area (TPSA) is 209 Å². The van der Waals surface area contributed by atoms with E-state index in [1.54, 1.807) is 30.5 Å². The molecule has 1 saturated carbocycles. The van der Waals surface area contributed by atoms with Crippen LogP contribution in [0.15, 0.2) is 65.8 Å². The lowest BCUT2D eigenvalue weighted by atomic mass is 9.57. The molecule has 3 N–H and O–H groups in total. The number of aromatic nitrogens is 2. The third-order valence-corrected chi connectivity index (χ3v) is 16.8. The van der Waals surface area contributed by atoms with Crippen molar-refractivity contribution in [1.82, 2.24) is 19.6 Å². The van der Waals surface area contributed by atoms with Crippen LogP contribution in [0.1, 0.15) is 82.5 Å². The molecule has 8 atom stereocenters. The van der Waals surface area contributed by atoms with Crippen LogP contribution in [0, 0.1) is 39.7 Å². The number of aromatic amines is 1. The van der Waals surface area contributed by atoms with Crippen LogP contribution in [0.4, 0.5) is 17.1 Å². The zero-order valence-electron chi connectivity index (χ0n) is 38.3. The number of pyridine rings is 1. The van der Waals surface area contributed by atoms with Gasteiger partial charge >= 0.3 is 0 Å². The molecule has 0 radical (unpaired) electrons. The minimum absolute atomic E-state index is 0.0389. The number of hydrogen-bond donors (Lipinski definition) is 3. The molecule has 18 nitrogen and oxygen atoms in total. The second-order valence-corrected chi connectivity index (χ2v) is 21.3. The summed E-state index contributed by atoms with van der Waals surface area (Å²) in [5.41, 5.74) is 0.648. The normalized spacial score (nSPS) is 30.1. The van der Waals surface area contributed by atoms with Gasteiger partial charge in [0.1, 0.15) is 22.8 Å². The molecule has 7 fully saturated rings. The second-order valence-electron chi connectivity index (χ2n) is 19.6. The lowest BCUT2D eigenvalue weighted by Crippen LogP contribution is -2.70. The number of carbonyl (C=O) groups excluding carboxylic acids is 1. The lowest BCUT2D eigenvalue weighted by Gasteiger charge is -2.60. The molecule has 0 unspecified atom stereocenters. The van der Waals surface area contributed by atoms with E-state index in [0.717, 1.165) is 94.8 Å². The van der Waals surface area contributed by atoms with Crippen molar-refractivity contribution in [2.24, 2.45) is 29.6 Å². The minimum Gasteiger partial charge on any atom is -0.455 e. The van der Waals surface area contributed by atoms with Crippen molar-refractivity contribution in [3.05, 3.63) is 76.6 Å². The summed E-state index contributed by atoms with van der Waals surface area (Å²) in [4.78, 5) is 49.5. The van der Waals surface area contributed by atoms with E-state index in [-0.39, 0.29) is 29.0 Å². The standard InChI is InChI=1S/C48H61N7O11S/c1-30-6-10-39-31(2)42(63-46-48(39)38(30)12-16-47(3,64-46)65-66-48)5-4-18-53-19-21-54(22-20-53)34-7-9-37(43(26-34)62-35-25-33-13-17-49-44(33)51-29-35)45(56)52-67(59,60)36-8-11-40(41(27-36)55(57)58)50-28-32-14-23-61-24-15-32/h7-9,11,13,17,25-27,29-32,38-39,42,46,50H,4-6,10,12,14-16,18-24,28H2,1-3H3,(H,49,51)(H,52,56)/t30-,31-,38+,39+,42-,46-,47-,48-/m1/s1. The number of nitro benzene ring substituents is 1. The summed E-state index contributed by atoms with van der Waals surface area (Å²) < 4.78 is 54.7. The van der Waals surface area contributed by atoms with Crippen LogP contribution < -0.4 is 19.7 Å². The van der Waals surface area contributed by atoms with Gasteiger partial charge in [-0.1, -0.05) is 13.8 Å². The Bertz CT molecular complexity index is 2580. The van der Waals surface area contributed by atoms with Gasteiger partial charge in [0.05, 0.1) is 27.7 Å². The molecule has 67 heavy (non-hydrogen) atoms. The minimum atomic E-state index is -4.56. The highest BCUT2D eigenvalue weighted by Gasteiger charge is 2.69. The Balaban J connectivity index is 0.799. The molecule has 6 saturated heterocycles. The number of ether oxygens (including phenoxy) is 4. The van der Waals surface area contributed by atoms with Gasteiger partial charge < -0.3 is 34.1 Å². The maximum Gasteiger partial charge on any atom is 0.293 e. The van der Waals surface area contributed by atoms with E-state index in [1.165, 1.54) is 24.8 Å². The van der Waals surface area contributed by atoms with Gasteiger partial charge in [-0.25, -0.2) is 27.9 Å². The summed E-state index contributed by atoms with van der Waals surface area (Å²) in [7, 11) is -4.56. The first-order valence-electron chi connectivity index (χ1n) is 23.9. The van der Waals surface area contributed by atoms with Crippen LogP contribution in [0.5, 0.6) is 11.5 Å². The summed E-state index contributed by atoms with van der Waals surface area (Å²) >= 11 is 0. The molecule has 1 spiro atoms. The van der Waals surface area contributed by atoms with Crippen molar-refractivity contribution in [2.75, 3.05) is 62.7 Å². The molecule has 7 aliphatic rings. The molecule has 2 bridgehead atoms. The van der Waals surface area contributed by atoms with E-state index in [2.05, 4.69) is 43.7 Å². The van der Waals surface area contributed by atoms with Crippen molar-refractivity contribution in [3.8, 4) is 11.5 Å². The highest BCUT2D eigenvalue weighted by molar-refractivity contribution is 7.90. The van der Waals surface area contributed by atoms with E-state index in [0.29, 0.717) is 54.8 Å². The first-order chi connectivity index (χ1) is 32.3. The number of benzene rings is 2. The van der Waals surface area contributed by atoms with Gasteiger partial charge in [-0.05, 0) is 118 Å². The summed E-state index contributed by atoms with van der Waals surface area (Å²) in [6.07, 6.45) is 10.5. The predicted octanol–water partition coefficient (Wildman–Crippen LogP) is 7.37. The molecular formula is C48H61N7O11S. The molecule has 11 rings (SSSR count). The largest absolute Gasteiger partial charge is 0.455 e. The van der Waals surface area contributed by atoms with Crippen LogP contribution in [0.3, 0.4) is 0 Å². The van der Waals surface area contributed by atoms with Crippen molar-refractivity contribution in [1.29, 1.82) is 0 Å². The molecule has 8 heterocycles. The third-order valence-electron chi connectivity index (χ3n) is 15.4. The number of amides is 1. The van der Waals surface area contributed by atoms with E-state index < -0.39 is 49.1 Å². The number of H-pyrrole nitrogens is 1. The van der Waals surface area contributed by atoms with Crippen molar-refractivity contribution < 1.29 is 46.9 Å². The fourth-order valence-corrected chi connectivity index (χ4v) is 12.5. The fraction of sp³-hybridized carbons (Fsp3) is 0.583. The average Bonchev–Trinajstić information content (AvgIpc) is 3.68. The molecule has 6 aliphatic heterocycles. The molecule has 19 heteroatoms. The zero-order valence-corrected chi connectivity index (χ0v) is 39.1. The van der Waals surface area contributed by atoms with Gasteiger partial charge in [0, 0.05) is 87.7 Å². The van der Waals surface area contributed by atoms with E-state index in [9.17, 15) is 23.3 Å². The molecule has 2 aromatic carbocycles. The number of piperazine rings is 1. The Morgan fingerprint density at radius 2 is 1.82 bits per heavy atom. The number of nitrogens with zero attached hydrogens (tertiary/aromatic N) is 4. The third kappa shape index (κ3) is 9.11. The number of fused-ring (bicyclic) bond motifs is 3. The Kier molecular flexibility index (Phi) is 12.7. The van der Waals surface area contributed by atoms with Crippen LogP contribution in [-0.4, -0.2) is 110 Å². The number of carbonyl (C=O) groups is 1. The average molecular weight is 944 g/mol. The second kappa shape index (κ2) is 18.5. The SMILES string of the molecule is C[C@H]1[C@@H](CCCN2CCN(c3ccc(C(=O)NS(=O)(=O)c4ccc(NCC5CCOCC5)c([N+](=O)[O-])c4)c(Oc4cnc5[nH]ccc5c4)c3)CC2)O[C@@H]2O[C@@]3(C)CC[C@H]4[C@H](C)CC[C@@H]1[C@@]24OO3. The number of nitrogens with one attached hydrogen (secondary N) is 3. The maximum absolute atomic E-state index is 13.9. The zero-order chi connectivity index (χ0) is 46.5. The van der Waals surface area contributed by atoms with Crippen molar-refractivity contribution in [3.63, 3.8) is 0 Å². The van der Waals surface area contributed by atoms with Crippen molar-refractivity contribution in [2.45, 2.75) is 101 Å². The van der Waals surface area contributed by atoms with Gasteiger partial charge in [0.25, 0.3) is 21.6 Å². The number of rotatable bonds is 14.